The first-order valence-electron chi connectivity index (χ1n) is 11.8. The van der Waals surface area contributed by atoms with Crippen LogP contribution in [-0.2, 0) is 16.1 Å². The maximum atomic E-state index is 12.4. The monoisotopic (exact) mass is 399 g/mol. The lowest BCUT2D eigenvalue weighted by molar-refractivity contribution is -0.149. The molecule has 160 valence electrons. The quantitative estimate of drug-likeness (QED) is 0.463. The van der Waals surface area contributed by atoms with E-state index in [1.165, 1.54) is 56.3 Å². The predicted molar refractivity (Wildman–Crippen MR) is 117 cm³/mol. The van der Waals surface area contributed by atoms with Gasteiger partial charge in [0, 0.05) is 25.3 Å². The topological polar surface area (TPSA) is 36.0 Å². The highest BCUT2D eigenvalue weighted by Gasteiger charge is 2.35. The Balaban J connectivity index is 1.28. The Morgan fingerprint density at radius 3 is 2.76 bits per heavy atom. The molecule has 2 fully saturated rings. The second-order valence-electron chi connectivity index (χ2n) is 8.78. The van der Waals surface area contributed by atoms with E-state index in [2.05, 4.69) is 39.0 Å². The molecular formula is C24H37N3O2. The van der Waals surface area contributed by atoms with Crippen molar-refractivity contribution in [3.8, 4) is 0 Å². The maximum absolute atomic E-state index is 12.4. The molecule has 3 aliphatic heterocycles. The number of benzene rings is 1. The first-order valence-corrected chi connectivity index (χ1v) is 11.8. The van der Waals surface area contributed by atoms with Crippen molar-refractivity contribution in [2.45, 2.75) is 77.0 Å². The number of carbonyl (C=O) groups is 1. The van der Waals surface area contributed by atoms with Crippen molar-refractivity contribution in [2.24, 2.45) is 0 Å². The van der Waals surface area contributed by atoms with Crippen molar-refractivity contribution in [3.05, 3.63) is 29.8 Å². The zero-order chi connectivity index (χ0) is 20.1. The van der Waals surface area contributed by atoms with Crippen LogP contribution in [0.3, 0.4) is 0 Å². The van der Waals surface area contributed by atoms with E-state index in [9.17, 15) is 4.79 Å². The van der Waals surface area contributed by atoms with Crippen LogP contribution in [-0.4, -0.2) is 60.8 Å². The summed E-state index contributed by atoms with van der Waals surface area (Å²) in [6, 6.07) is 8.91. The van der Waals surface area contributed by atoms with Gasteiger partial charge in [-0.2, -0.15) is 0 Å². The molecule has 5 heteroatoms. The van der Waals surface area contributed by atoms with Crippen molar-refractivity contribution < 1.29 is 9.53 Å². The fraction of sp³-hybridized carbons (Fsp3) is 0.708. The van der Waals surface area contributed by atoms with Gasteiger partial charge in [0.05, 0.1) is 12.8 Å². The minimum atomic E-state index is -0.0292. The highest BCUT2D eigenvalue weighted by molar-refractivity contribution is 5.75. The molecule has 0 N–H and O–H groups in total. The van der Waals surface area contributed by atoms with E-state index < -0.39 is 0 Å². The SMILES string of the molecule is CCOC(=O)C(CCCCCN1c2ccccc2CN2CCCC21)N1CCCC1. The summed E-state index contributed by atoms with van der Waals surface area (Å²) in [7, 11) is 0. The van der Waals surface area contributed by atoms with Crippen molar-refractivity contribution in [1.82, 2.24) is 9.80 Å². The van der Waals surface area contributed by atoms with E-state index in [0.717, 1.165) is 39.0 Å². The summed E-state index contributed by atoms with van der Waals surface area (Å²) in [5.41, 5.74) is 2.92. The van der Waals surface area contributed by atoms with Gasteiger partial charge in [0.1, 0.15) is 6.04 Å². The second-order valence-corrected chi connectivity index (χ2v) is 8.78. The van der Waals surface area contributed by atoms with Gasteiger partial charge in [-0.15, -0.1) is 0 Å². The van der Waals surface area contributed by atoms with Crippen LogP contribution in [0.5, 0.6) is 0 Å². The molecule has 1 aromatic rings. The summed E-state index contributed by atoms with van der Waals surface area (Å²) in [4.78, 5) is 20.1. The number of esters is 1. The Morgan fingerprint density at radius 2 is 1.93 bits per heavy atom. The van der Waals surface area contributed by atoms with E-state index in [0.29, 0.717) is 12.8 Å². The highest BCUT2D eigenvalue weighted by atomic mass is 16.5. The number of likely N-dealkylation sites (tertiary alicyclic amines) is 1. The molecule has 1 aromatic carbocycles. The van der Waals surface area contributed by atoms with Crippen LogP contribution >= 0.6 is 0 Å². The summed E-state index contributed by atoms with van der Waals surface area (Å²) in [6.45, 7) is 7.93. The molecule has 0 amide bonds. The molecule has 2 saturated heterocycles. The van der Waals surface area contributed by atoms with Crippen molar-refractivity contribution >= 4 is 11.7 Å². The molecule has 3 heterocycles. The van der Waals surface area contributed by atoms with E-state index in [1.807, 2.05) is 6.92 Å². The zero-order valence-corrected chi connectivity index (χ0v) is 18.0. The molecule has 0 radical (unpaired) electrons. The number of hydrogen-bond acceptors (Lipinski definition) is 5. The van der Waals surface area contributed by atoms with Crippen LogP contribution in [0.1, 0.15) is 63.9 Å². The van der Waals surface area contributed by atoms with Gasteiger partial charge in [0.15, 0.2) is 0 Å². The minimum absolute atomic E-state index is 0.0130. The van der Waals surface area contributed by atoms with Crippen molar-refractivity contribution in [2.75, 3.05) is 37.7 Å². The molecule has 29 heavy (non-hydrogen) atoms. The molecule has 5 nitrogen and oxygen atoms in total. The van der Waals surface area contributed by atoms with E-state index in [1.54, 1.807) is 0 Å². The number of para-hydroxylation sites is 1. The third-order valence-corrected chi connectivity index (χ3v) is 6.88. The third-order valence-electron chi connectivity index (χ3n) is 6.88. The van der Waals surface area contributed by atoms with E-state index in [4.69, 9.17) is 4.74 Å². The number of anilines is 1. The fourth-order valence-corrected chi connectivity index (χ4v) is 5.46. The van der Waals surface area contributed by atoms with Gasteiger partial charge in [-0.1, -0.05) is 31.0 Å². The van der Waals surface area contributed by atoms with Gasteiger partial charge < -0.3 is 9.64 Å². The van der Waals surface area contributed by atoms with Crippen LogP contribution in [0.4, 0.5) is 5.69 Å². The van der Waals surface area contributed by atoms with Gasteiger partial charge in [-0.3, -0.25) is 14.6 Å². The average Bonchev–Trinajstić information content (AvgIpc) is 3.42. The number of carbonyl (C=O) groups excluding carboxylic acids is 1. The predicted octanol–water partition coefficient (Wildman–Crippen LogP) is 4.02. The Labute approximate surface area is 176 Å². The average molecular weight is 400 g/mol. The van der Waals surface area contributed by atoms with Gasteiger partial charge in [-0.25, -0.2) is 0 Å². The van der Waals surface area contributed by atoms with Crippen LogP contribution in [0, 0.1) is 0 Å². The Kier molecular flexibility index (Phi) is 7.09. The summed E-state index contributed by atoms with van der Waals surface area (Å²) in [5.74, 6) is -0.0130. The van der Waals surface area contributed by atoms with Gasteiger partial charge in [-0.05, 0) is 70.2 Å². The van der Waals surface area contributed by atoms with Gasteiger partial charge in [0.25, 0.3) is 0 Å². The molecule has 2 unspecified atom stereocenters. The van der Waals surface area contributed by atoms with Crippen LogP contribution in [0.2, 0.25) is 0 Å². The lowest BCUT2D eigenvalue weighted by Gasteiger charge is -2.42. The molecule has 2 atom stereocenters. The van der Waals surface area contributed by atoms with E-state index in [-0.39, 0.29) is 12.0 Å². The molecule has 3 aliphatic rings. The summed E-state index contributed by atoms with van der Waals surface area (Å²) < 4.78 is 5.36. The maximum Gasteiger partial charge on any atom is 0.323 e. The fourth-order valence-electron chi connectivity index (χ4n) is 5.46. The molecule has 4 rings (SSSR count). The number of ether oxygens (including phenoxy) is 1. The largest absolute Gasteiger partial charge is 0.465 e. The number of unbranched alkanes of at least 4 members (excludes halogenated alkanes) is 2. The Bertz CT molecular complexity index is 674. The Hall–Kier alpha value is -1.59. The van der Waals surface area contributed by atoms with Crippen molar-refractivity contribution in [3.63, 3.8) is 0 Å². The van der Waals surface area contributed by atoms with Crippen LogP contribution < -0.4 is 4.90 Å². The molecule has 0 bridgehead atoms. The first-order chi connectivity index (χ1) is 14.3. The minimum Gasteiger partial charge on any atom is -0.465 e. The normalized spacial score (nSPS) is 23.1. The highest BCUT2D eigenvalue weighted by Crippen LogP contribution is 2.36. The summed E-state index contributed by atoms with van der Waals surface area (Å²) >= 11 is 0. The summed E-state index contributed by atoms with van der Waals surface area (Å²) in [6.07, 6.45) is 10.0. The van der Waals surface area contributed by atoms with Gasteiger partial charge >= 0.3 is 5.97 Å². The lowest BCUT2D eigenvalue weighted by atomic mass is 10.0. The van der Waals surface area contributed by atoms with Crippen molar-refractivity contribution in [1.29, 1.82) is 0 Å². The lowest BCUT2D eigenvalue weighted by Crippen LogP contribution is -2.48. The molecule has 0 aromatic heterocycles. The second kappa shape index (κ2) is 9.94. The smallest absolute Gasteiger partial charge is 0.323 e. The first kappa shape index (κ1) is 20.7. The number of nitrogens with zero attached hydrogens (tertiary/aromatic N) is 3. The molecule has 0 spiro atoms. The van der Waals surface area contributed by atoms with E-state index >= 15 is 0 Å². The van der Waals surface area contributed by atoms with Gasteiger partial charge in [0.2, 0.25) is 0 Å². The zero-order valence-electron chi connectivity index (χ0n) is 18.0. The standard InChI is InChI=1S/C24H37N3O2/c1-2-29-24(28)22(25-15-8-9-16-25)13-4-3-7-18-27-21-12-6-5-11-20(21)19-26-17-10-14-23(26)27/h5-6,11-12,22-23H,2-4,7-10,13-19H2,1H3. The summed E-state index contributed by atoms with van der Waals surface area (Å²) in [5, 5.41) is 0. The molecule has 0 saturated carbocycles. The van der Waals surface area contributed by atoms with Crippen LogP contribution in [0.15, 0.2) is 24.3 Å². The van der Waals surface area contributed by atoms with Crippen LogP contribution in [0.25, 0.3) is 0 Å². The number of hydrogen-bond donors (Lipinski definition) is 0. The molecule has 0 aliphatic carbocycles. The number of rotatable bonds is 9. The molecular weight excluding hydrogens is 362 g/mol. The number of fused-ring (bicyclic) bond motifs is 2. The third kappa shape index (κ3) is 4.77. The Morgan fingerprint density at radius 1 is 1.10 bits per heavy atom.